The summed E-state index contributed by atoms with van der Waals surface area (Å²) in [6.45, 7) is 5.29. The van der Waals surface area contributed by atoms with Crippen LogP contribution in [0, 0.1) is 0 Å². The van der Waals surface area contributed by atoms with Crippen molar-refractivity contribution >= 4 is 16.9 Å². The van der Waals surface area contributed by atoms with E-state index in [2.05, 4.69) is 31.2 Å². The van der Waals surface area contributed by atoms with E-state index in [0.29, 0.717) is 19.8 Å². The third kappa shape index (κ3) is 7.44. The number of ether oxygens (including phenoxy) is 3. The SMILES string of the molecule is CCCCCOC[C@H](COC(c1ccccc1)(c1ccccc1)c1ccc(OC)cc1)SC(C)=O. The molecule has 0 saturated carbocycles. The Bertz CT molecular complexity index is 966. The van der Waals surface area contributed by atoms with E-state index in [0.717, 1.165) is 41.7 Å². The third-order valence-electron chi connectivity index (χ3n) is 5.87. The Morgan fingerprint density at radius 3 is 1.91 bits per heavy atom. The summed E-state index contributed by atoms with van der Waals surface area (Å²) in [5, 5.41) is -0.0515. The Hall–Kier alpha value is -2.60. The van der Waals surface area contributed by atoms with Crippen LogP contribution in [0.2, 0.25) is 0 Å². The first-order chi connectivity index (χ1) is 17.1. The second-order valence-corrected chi connectivity index (χ2v) is 9.94. The van der Waals surface area contributed by atoms with Crippen molar-refractivity contribution in [3.8, 4) is 5.75 Å². The molecular formula is C30H36O4S. The Morgan fingerprint density at radius 1 is 0.829 bits per heavy atom. The van der Waals surface area contributed by atoms with Gasteiger partial charge < -0.3 is 14.2 Å². The summed E-state index contributed by atoms with van der Waals surface area (Å²) in [7, 11) is 1.66. The van der Waals surface area contributed by atoms with E-state index in [4.69, 9.17) is 14.2 Å². The molecule has 0 unspecified atom stereocenters. The molecule has 0 radical (unpaired) electrons. The zero-order valence-electron chi connectivity index (χ0n) is 20.9. The van der Waals surface area contributed by atoms with Crippen LogP contribution in [-0.4, -0.2) is 37.3 Å². The predicted octanol–water partition coefficient (Wildman–Crippen LogP) is 6.86. The molecule has 0 spiro atoms. The molecule has 3 aromatic carbocycles. The summed E-state index contributed by atoms with van der Waals surface area (Å²) in [4.78, 5) is 12.0. The topological polar surface area (TPSA) is 44.8 Å². The monoisotopic (exact) mass is 492 g/mol. The van der Waals surface area contributed by atoms with E-state index in [-0.39, 0.29) is 10.4 Å². The fraction of sp³-hybridized carbons (Fsp3) is 0.367. The number of thioether (sulfide) groups is 1. The van der Waals surface area contributed by atoms with Crippen molar-refractivity contribution in [1.82, 2.24) is 0 Å². The lowest BCUT2D eigenvalue weighted by atomic mass is 9.80. The van der Waals surface area contributed by atoms with Crippen molar-refractivity contribution in [2.45, 2.75) is 44.0 Å². The summed E-state index contributed by atoms with van der Waals surface area (Å²) < 4.78 is 18.3. The molecule has 1 atom stereocenters. The van der Waals surface area contributed by atoms with Crippen molar-refractivity contribution in [1.29, 1.82) is 0 Å². The number of carbonyl (C=O) groups is 1. The van der Waals surface area contributed by atoms with Crippen LogP contribution in [0.25, 0.3) is 0 Å². The average molecular weight is 493 g/mol. The first-order valence-electron chi connectivity index (χ1n) is 12.2. The molecule has 0 fully saturated rings. The molecule has 3 aromatic rings. The highest BCUT2D eigenvalue weighted by Crippen LogP contribution is 2.41. The number of carbonyl (C=O) groups excluding carboxylic acids is 1. The van der Waals surface area contributed by atoms with Crippen LogP contribution < -0.4 is 4.74 Å². The summed E-state index contributed by atoms with van der Waals surface area (Å²) in [5.74, 6) is 0.786. The molecule has 0 saturated heterocycles. The molecule has 0 amide bonds. The molecule has 0 heterocycles. The van der Waals surface area contributed by atoms with Gasteiger partial charge in [0, 0.05) is 13.5 Å². The van der Waals surface area contributed by atoms with Crippen molar-refractivity contribution in [3.63, 3.8) is 0 Å². The van der Waals surface area contributed by atoms with E-state index in [9.17, 15) is 4.79 Å². The fourth-order valence-corrected chi connectivity index (χ4v) is 4.93. The van der Waals surface area contributed by atoms with Gasteiger partial charge in [-0.2, -0.15) is 0 Å². The van der Waals surface area contributed by atoms with Gasteiger partial charge in [0.1, 0.15) is 11.4 Å². The molecule has 0 bridgehead atoms. The highest BCUT2D eigenvalue weighted by molar-refractivity contribution is 8.14. The molecule has 5 heteroatoms. The number of hydrogen-bond donors (Lipinski definition) is 0. The van der Waals surface area contributed by atoms with Gasteiger partial charge in [-0.15, -0.1) is 0 Å². The molecule has 4 nitrogen and oxygen atoms in total. The smallest absolute Gasteiger partial charge is 0.186 e. The molecule has 0 aliphatic heterocycles. The van der Waals surface area contributed by atoms with Gasteiger partial charge in [-0.1, -0.05) is 104 Å². The summed E-state index contributed by atoms with van der Waals surface area (Å²) in [6.07, 6.45) is 3.32. The Labute approximate surface area is 214 Å². The molecule has 0 aliphatic rings. The van der Waals surface area contributed by atoms with Gasteiger partial charge in [-0.05, 0) is 35.2 Å². The van der Waals surface area contributed by atoms with Gasteiger partial charge in [0.25, 0.3) is 0 Å². The van der Waals surface area contributed by atoms with Gasteiger partial charge in [0.2, 0.25) is 0 Å². The number of unbranched alkanes of at least 4 members (excludes halogenated alkanes) is 2. The first-order valence-corrected chi connectivity index (χ1v) is 13.1. The summed E-state index contributed by atoms with van der Waals surface area (Å²) in [5.41, 5.74) is 2.18. The van der Waals surface area contributed by atoms with E-state index in [1.54, 1.807) is 14.0 Å². The summed E-state index contributed by atoms with van der Waals surface area (Å²) >= 11 is 1.29. The highest BCUT2D eigenvalue weighted by Gasteiger charge is 2.38. The molecule has 0 aliphatic carbocycles. The zero-order valence-corrected chi connectivity index (χ0v) is 21.8. The quantitative estimate of drug-likeness (QED) is 0.182. The van der Waals surface area contributed by atoms with Gasteiger partial charge in [-0.3, -0.25) is 4.79 Å². The highest BCUT2D eigenvalue weighted by atomic mass is 32.2. The van der Waals surface area contributed by atoms with E-state index >= 15 is 0 Å². The molecular weight excluding hydrogens is 456 g/mol. The third-order valence-corrected chi connectivity index (χ3v) is 6.81. The number of methoxy groups -OCH3 is 1. The molecule has 3 rings (SSSR count). The van der Waals surface area contributed by atoms with E-state index < -0.39 is 5.60 Å². The van der Waals surface area contributed by atoms with Crippen molar-refractivity contribution < 1.29 is 19.0 Å². The largest absolute Gasteiger partial charge is 0.497 e. The lowest BCUT2D eigenvalue weighted by Gasteiger charge is -2.37. The maximum atomic E-state index is 12.0. The van der Waals surface area contributed by atoms with Crippen LogP contribution in [0.1, 0.15) is 49.8 Å². The predicted molar refractivity (Wildman–Crippen MR) is 144 cm³/mol. The van der Waals surface area contributed by atoms with Crippen LogP contribution in [0.5, 0.6) is 5.75 Å². The summed E-state index contributed by atoms with van der Waals surface area (Å²) in [6, 6.07) is 28.5. The molecule has 186 valence electrons. The standard InChI is InChI=1S/C30H36O4S/c1-4-5-12-21-33-22-29(35-24(2)31)23-34-30(25-13-8-6-9-14-25,26-15-10-7-11-16-26)27-17-19-28(32-3)20-18-27/h6-11,13-20,29H,4-5,12,21-23H2,1-3H3/t29-/m1/s1. The molecule has 0 N–H and O–H groups in total. The second-order valence-electron chi connectivity index (χ2n) is 8.47. The van der Waals surface area contributed by atoms with Gasteiger partial charge in [0.15, 0.2) is 5.12 Å². The van der Waals surface area contributed by atoms with E-state index in [1.165, 1.54) is 11.8 Å². The van der Waals surface area contributed by atoms with Gasteiger partial charge in [-0.25, -0.2) is 0 Å². The number of rotatable bonds is 14. The normalized spacial score (nSPS) is 12.3. The minimum atomic E-state index is -0.855. The van der Waals surface area contributed by atoms with Crippen LogP contribution in [0.4, 0.5) is 0 Å². The second kappa shape index (κ2) is 14.1. The number of benzene rings is 3. The zero-order chi connectivity index (χ0) is 24.9. The maximum absolute atomic E-state index is 12.0. The first kappa shape index (κ1) is 27.0. The van der Waals surface area contributed by atoms with E-state index in [1.807, 2.05) is 60.7 Å². The van der Waals surface area contributed by atoms with Crippen molar-refractivity contribution in [3.05, 3.63) is 102 Å². The molecule has 0 aromatic heterocycles. The Balaban J connectivity index is 1.98. The average Bonchev–Trinajstić information content (AvgIpc) is 2.90. The molecule has 35 heavy (non-hydrogen) atoms. The van der Waals surface area contributed by atoms with Crippen LogP contribution in [0.15, 0.2) is 84.9 Å². The van der Waals surface area contributed by atoms with Gasteiger partial charge in [0.05, 0.1) is 25.6 Å². The minimum Gasteiger partial charge on any atom is -0.497 e. The van der Waals surface area contributed by atoms with Crippen molar-refractivity contribution in [2.24, 2.45) is 0 Å². The Kier molecular flexibility index (Phi) is 10.9. The van der Waals surface area contributed by atoms with Gasteiger partial charge >= 0.3 is 0 Å². The van der Waals surface area contributed by atoms with Crippen molar-refractivity contribution in [2.75, 3.05) is 26.9 Å². The number of hydrogen-bond acceptors (Lipinski definition) is 5. The maximum Gasteiger partial charge on any atom is 0.186 e. The minimum absolute atomic E-state index is 0.0604. The van der Waals surface area contributed by atoms with Crippen LogP contribution in [-0.2, 0) is 19.9 Å². The van der Waals surface area contributed by atoms with Crippen LogP contribution >= 0.6 is 11.8 Å². The fourth-order valence-electron chi connectivity index (χ4n) is 4.16. The lowest BCUT2D eigenvalue weighted by molar-refractivity contribution is -0.109. The lowest BCUT2D eigenvalue weighted by Crippen LogP contribution is -2.36. The Morgan fingerprint density at radius 2 is 1.40 bits per heavy atom. The van der Waals surface area contributed by atoms with Crippen LogP contribution in [0.3, 0.4) is 0 Å².